The molecule has 5 heteroatoms. The second-order valence-electron chi connectivity index (χ2n) is 6.86. The van der Waals surface area contributed by atoms with Gasteiger partial charge in [-0.2, -0.15) is 0 Å². The van der Waals surface area contributed by atoms with Gasteiger partial charge >= 0.3 is 5.97 Å². The Morgan fingerprint density at radius 3 is 2.55 bits per heavy atom. The van der Waals surface area contributed by atoms with Crippen molar-refractivity contribution in [1.29, 1.82) is 0 Å². The first-order valence-corrected chi connectivity index (χ1v) is 7.88. The fourth-order valence-corrected chi connectivity index (χ4v) is 3.62. The number of nitrogens with zero attached hydrogens (tertiary/aromatic N) is 2. The van der Waals surface area contributed by atoms with Crippen LogP contribution < -0.4 is 5.32 Å². The van der Waals surface area contributed by atoms with Crippen LogP contribution >= 0.6 is 0 Å². The third kappa shape index (κ3) is 3.71. The van der Waals surface area contributed by atoms with Crippen LogP contribution in [0, 0.1) is 0 Å². The van der Waals surface area contributed by atoms with E-state index in [9.17, 15) is 9.90 Å². The highest BCUT2D eigenvalue weighted by Gasteiger charge is 2.38. The zero-order chi connectivity index (χ0) is 14.8. The van der Waals surface area contributed by atoms with Crippen LogP contribution in [0.5, 0.6) is 0 Å². The molecule has 2 atom stereocenters. The molecule has 0 aliphatic carbocycles. The summed E-state index contributed by atoms with van der Waals surface area (Å²) in [5.74, 6) is -0.754. The molecule has 2 rings (SSSR count). The molecule has 0 aromatic carbocycles. The van der Waals surface area contributed by atoms with E-state index in [1.165, 1.54) is 32.4 Å². The predicted octanol–water partition coefficient (Wildman–Crippen LogP) is 0.998. The summed E-state index contributed by atoms with van der Waals surface area (Å²) in [6.07, 6.45) is 3.81. The summed E-state index contributed by atoms with van der Waals surface area (Å²) in [4.78, 5) is 16.5. The standard InChI is InChI=1S/C15H29N3O2/c1-12(2)16-15(3,14(19)20)11-17-9-6-13(10-17)18-7-4-5-8-18/h12-13,16H,4-11H2,1-3H3,(H,19,20). The minimum absolute atomic E-state index is 0.174. The largest absolute Gasteiger partial charge is 0.480 e. The third-order valence-electron chi connectivity index (χ3n) is 4.52. The van der Waals surface area contributed by atoms with Crippen LogP contribution in [0.2, 0.25) is 0 Å². The molecular formula is C15H29N3O2. The van der Waals surface area contributed by atoms with E-state index in [4.69, 9.17) is 0 Å². The third-order valence-corrected chi connectivity index (χ3v) is 4.52. The van der Waals surface area contributed by atoms with Crippen LogP contribution in [0.25, 0.3) is 0 Å². The minimum atomic E-state index is -0.853. The fourth-order valence-electron chi connectivity index (χ4n) is 3.62. The van der Waals surface area contributed by atoms with Gasteiger partial charge in [-0.25, -0.2) is 0 Å². The number of carboxylic acids is 1. The molecule has 2 saturated heterocycles. The molecule has 0 bridgehead atoms. The number of carboxylic acid groups (broad SMARTS) is 1. The normalized spacial score (nSPS) is 28.1. The maximum atomic E-state index is 11.6. The van der Waals surface area contributed by atoms with Gasteiger partial charge in [0.05, 0.1) is 0 Å². The molecule has 0 spiro atoms. The molecule has 0 aromatic heterocycles. The van der Waals surface area contributed by atoms with E-state index >= 15 is 0 Å². The highest BCUT2D eigenvalue weighted by atomic mass is 16.4. The number of hydrogen-bond donors (Lipinski definition) is 2. The number of carbonyl (C=O) groups is 1. The number of hydrogen-bond acceptors (Lipinski definition) is 4. The second-order valence-corrected chi connectivity index (χ2v) is 6.86. The average Bonchev–Trinajstić information content (AvgIpc) is 2.96. The number of nitrogens with one attached hydrogen (secondary N) is 1. The molecule has 5 nitrogen and oxygen atoms in total. The van der Waals surface area contributed by atoms with Gasteiger partial charge in [0, 0.05) is 25.2 Å². The highest BCUT2D eigenvalue weighted by molar-refractivity contribution is 5.78. The van der Waals surface area contributed by atoms with E-state index in [1.54, 1.807) is 6.92 Å². The Hall–Kier alpha value is -0.650. The first-order valence-electron chi connectivity index (χ1n) is 7.88. The van der Waals surface area contributed by atoms with E-state index < -0.39 is 11.5 Å². The van der Waals surface area contributed by atoms with E-state index in [0.29, 0.717) is 12.6 Å². The van der Waals surface area contributed by atoms with Crippen molar-refractivity contribution in [1.82, 2.24) is 15.1 Å². The van der Waals surface area contributed by atoms with Crippen molar-refractivity contribution in [3.63, 3.8) is 0 Å². The van der Waals surface area contributed by atoms with Gasteiger partial charge in [0.2, 0.25) is 0 Å². The van der Waals surface area contributed by atoms with Crippen molar-refractivity contribution in [2.75, 3.05) is 32.7 Å². The van der Waals surface area contributed by atoms with Gasteiger partial charge in [0.25, 0.3) is 0 Å². The summed E-state index contributed by atoms with van der Waals surface area (Å²) >= 11 is 0. The van der Waals surface area contributed by atoms with Gasteiger partial charge in [0.15, 0.2) is 0 Å². The van der Waals surface area contributed by atoms with Crippen molar-refractivity contribution in [3.05, 3.63) is 0 Å². The number of rotatable bonds is 6. The number of likely N-dealkylation sites (tertiary alicyclic amines) is 2. The van der Waals surface area contributed by atoms with Gasteiger partial charge in [-0.3, -0.25) is 19.9 Å². The number of aliphatic carboxylic acids is 1. The smallest absolute Gasteiger partial charge is 0.324 e. The van der Waals surface area contributed by atoms with Crippen molar-refractivity contribution in [3.8, 4) is 0 Å². The Bertz CT molecular complexity index is 342. The van der Waals surface area contributed by atoms with E-state index in [0.717, 1.165) is 13.1 Å². The Morgan fingerprint density at radius 1 is 1.35 bits per heavy atom. The monoisotopic (exact) mass is 283 g/mol. The van der Waals surface area contributed by atoms with Crippen molar-refractivity contribution >= 4 is 5.97 Å². The molecule has 2 aliphatic rings. The Morgan fingerprint density at radius 2 is 2.00 bits per heavy atom. The maximum absolute atomic E-state index is 11.6. The quantitative estimate of drug-likeness (QED) is 0.761. The average molecular weight is 283 g/mol. The van der Waals surface area contributed by atoms with E-state index in [2.05, 4.69) is 15.1 Å². The van der Waals surface area contributed by atoms with E-state index in [1.807, 2.05) is 13.8 Å². The van der Waals surface area contributed by atoms with Crippen LogP contribution in [0.1, 0.15) is 40.0 Å². The molecule has 0 aromatic rings. The zero-order valence-electron chi connectivity index (χ0n) is 13.1. The minimum Gasteiger partial charge on any atom is -0.480 e. The van der Waals surface area contributed by atoms with E-state index in [-0.39, 0.29) is 6.04 Å². The van der Waals surface area contributed by atoms with Gasteiger partial charge in [-0.1, -0.05) is 0 Å². The predicted molar refractivity (Wildman–Crippen MR) is 80.0 cm³/mol. The lowest BCUT2D eigenvalue weighted by Gasteiger charge is -2.33. The summed E-state index contributed by atoms with van der Waals surface area (Å²) in [6.45, 7) is 10.9. The molecule has 2 heterocycles. The summed E-state index contributed by atoms with van der Waals surface area (Å²) in [7, 11) is 0. The lowest BCUT2D eigenvalue weighted by atomic mass is 10.0. The molecule has 20 heavy (non-hydrogen) atoms. The molecular weight excluding hydrogens is 254 g/mol. The molecule has 2 N–H and O–H groups in total. The first kappa shape index (κ1) is 15.7. The summed E-state index contributed by atoms with van der Waals surface area (Å²) in [5, 5.41) is 12.7. The van der Waals surface area contributed by atoms with Crippen LogP contribution in [-0.2, 0) is 4.79 Å². The van der Waals surface area contributed by atoms with Gasteiger partial charge in [-0.15, -0.1) is 0 Å². The molecule has 0 amide bonds. The van der Waals surface area contributed by atoms with Crippen molar-refractivity contribution < 1.29 is 9.90 Å². The van der Waals surface area contributed by atoms with Crippen LogP contribution in [-0.4, -0.2) is 71.2 Å². The van der Waals surface area contributed by atoms with Crippen molar-refractivity contribution in [2.45, 2.75) is 57.7 Å². The fraction of sp³-hybridized carbons (Fsp3) is 0.933. The molecule has 2 aliphatic heterocycles. The lowest BCUT2D eigenvalue weighted by molar-refractivity contribution is -0.145. The summed E-state index contributed by atoms with van der Waals surface area (Å²) in [6, 6.07) is 0.808. The van der Waals surface area contributed by atoms with Gasteiger partial charge < -0.3 is 5.11 Å². The van der Waals surface area contributed by atoms with Crippen LogP contribution in [0.3, 0.4) is 0 Å². The zero-order valence-corrected chi connectivity index (χ0v) is 13.1. The van der Waals surface area contributed by atoms with Gasteiger partial charge in [0.1, 0.15) is 5.54 Å². The summed E-state index contributed by atoms with van der Waals surface area (Å²) in [5.41, 5.74) is -0.853. The molecule has 0 saturated carbocycles. The van der Waals surface area contributed by atoms with Gasteiger partial charge in [-0.05, 0) is 59.7 Å². The maximum Gasteiger partial charge on any atom is 0.324 e. The second kappa shape index (κ2) is 6.41. The molecule has 2 fully saturated rings. The molecule has 116 valence electrons. The van der Waals surface area contributed by atoms with Crippen molar-refractivity contribution in [2.24, 2.45) is 0 Å². The first-order chi connectivity index (χ1) is 9.40. The Kier molecular flexibility index (Phi) is 5.04. The van der Waals surface area contributed by atoms with Crippen LogP contribution in [0.4, 0.5) is 0 Å². The Balaban J connectivity index is 1.90. The Labute approximate surface area is 122 Å². The van der Waals surface area contributed by atoms with Crippen LogP contribution in [0.15, 0.2) is 0 Å². The summed E-state index contributed by atoms with van der Waals surface area (Å²) < 4.78 is 0. The molecule has 2 unspecified atom stereocenters. The topological polar surface area (TPSA) is 55.8 Å². The highest BCUT2D eigenvalue weighted by Crippen LogP contribution is 2.22. The molecule has 0 radical (unpaired) electrons. The lowest BCUT2D eigenvalue weighted by Crippen LogP contribution is -2.58. The SMILES string of the molecule is CC(C)NC(C)(CN1CCC(N2CCCC2)C1)C(=O)O.